The third kappa shape index (κ3) is 3.04. The van der Waals surface area contributed by atoms with Crippen LogP contribution in [-0.2, 0) is 9.84 Å². The van der Waals surface area contributed by atoms with Crippen LogP contribution in [0, 0.1) is 3.57 Å². The van der Waals surface area contributed by atoms with Crippen molar-refractivity contribution >= 4 is 44.2 Å². The normalized spacial score (nSPS) is 11.1. The Kier molecular flexibility index (Phi) is 4.08. The van der Waals surface area contributed by atoms with Crippen LogP contribution in [-0.4, -0.2) is 30.4 Å². The van der Waals surface area contributed by atoms with E-state index in [0.29, 0.717) is 3.57 Å². The molecule has 0 aromatic carbocycles. The summed E-state index contributed by atoms with van der Waals surface area (Å²) in [6, 6.07) is 1.34. The van der Waals surface area contributed by atoms with Crippen molar-refractivity contribution in [1.29, 1.82) is 0 Å². The van der Waals surface area contributed by atoms with Crippen molar-refractivity contribution in [3.8, 4) is 0 Å². The van der Waals surface area contributed by atoms with Crippen LogP contribution in [0.4, 0.5) is 10.5 Å². The number of aromatic nitrogens is 1. The van der Waals surface area contributed by atoms with Crippen LogP contribution in [0.5, 0.6) is 0 Å². The molecule has 0 bridgehead atoms. The lowest BCUT2D eigenvalue weighted by molar-refractivity contribution is 0.209. The van der Waals surface area contributed by atoms with Crippen molar-refractivity contribution in [3.63, 3.8) is 0 Å². The van der Waals surface area contributed by atoms with Crippen LogP contribution in [0.1, 0.15) is 6.92 Å². The molecule has 0 unspecified atom stereocenters. The lowest BCUT2D eigenvalue weighted by atomic mass is 10.4. The monoisotopic (exact) mass is 356 g/mol. The first-order valence-electron chi connectivity index (χ1n) is 4.25. The predicted molar refractivity (Wildman–Crippen MR) is 66.3 cm³/mol. The van der Waals surface area contributed by atoms with Crippen LogP contribution in [0.25, 0.3) is 0 Å². The maximum Gasteiger partial charge on any atom is 0.409 e. The molecule has 0 saturated heterocycles. The lowest BCUT2D eigenvalue weighted by Crippen LogP contribution is -2.11. The quantitative estimate of drug-likeness (QED) is 0.802. The van der Waals surface area contributed by atoms with Crippen molar-refractivity contribution in [1.82, 2.24) is 4.98 Å². The molecule has 1 rings (SSSR count). The summed E-state index contributed by atoms with van der Waals surface area (Å²) < 4.78 is 23.5. The van der Waals surface area contributed by atoms with E-state index in [1.807, 2.05) is 22.6 Å². The molecular formula is C8H9IN2O4S. The van der Waals surface area contributed by atoms with Crippen molar-refractivity contribution in [2.24, 2.45) is 0 Å². The smallest absolute Gasteiger partial charge is 0.409 e. The number of anilines is 1. The van der Waals surface area contributed by atoms with Gasteiger partial charge in [0.2, 0.25) is 0 Å². The van der Waals surface area contributed by atoms with Gasteiger partial charge in [-0.1, -0.05) is 6.92 Å². The summed E-state index contributed by atoms with van der Waals surface area (Å²) in [7, 11) is -3.36. The van der Waals surface area contributed by atoms with Gasteiger partial charge in [-0.2, -0.15) is 0 Å². The molecule has 0 aliphatic carbocycles. The Morgan fingerprint density at radius 1 is 1.62 bits per heavy atom. The molecule has 6 nitrogen and oxygen atoms in total. The summed E-state index contributed by atoms with van der Waals surface area (Å²) in [4.78, 5) is 14.1. The molecule has 1 heterocycles. The number of sulfone groups is 1. The zero-order chi connectivity index (χ0) is 12.3. The highest BCUT2D eigenvalue weighted by Gasteiger charge is 2.15. The molecule has 1 aromatic rings. The van der Waals surface area contributed by atoms with Gasteiger partial charge < -0.3 is 5.11 Å². The molecule has 0 aliphatic rings. The van der Waals surface area contributed by atoms with E-state index in [9.17, 15) is 13.2 Å². The second-order valence-corrected chi connectivity index (χ2v) is 6.22. The minimum absolute atomic E-state index is 0.0399. The Bertz CT molecular complexity index is 515. The van der Waals surface area contributed by atoms with Gasteiger partial charge in [0, 0.05) is 3.57 Å². The van der Waals surface area contributed by atoms with E-state index in [1.165, 1.54) is 19.2 Å². The van der Waals surface area contributed by atoms with Gasteiger partial charge in [0.25, 0.3) is 0 Å². The molecule has 1 aromatic heterocycles. The number of pyridine rings is 1. The Labute approximate surface area is 106 Å². The predicted octanol–water partition coefficient (Wildman–Crippen LogP) is 1.57. The highest BCUT2D eigenvalue weighted by atomic mass is 127. The molecule has 0 aliphatic heterocycles. The Morgan fingerprint density at radius 2 is 2.25 bits per heavy atom. The fourth-order valence-electron chi connectivity index (χ4n) is 0.938. The van der Waals surface area contributed by atoms with Gasteiger partial charge in [0.05, 0.1) is 17.6 Å². The van der Waals surface area contributed by atoms with Gasteiger partial charge in [-0.15, -0.1) is 0 Å². The van der Waals surface area contributed by atoms with Crippen molar-refractivity contribution < 1.29 is 18.3 Å². The zero-order valence-electron chi connectivity index (χ0n) is 8.27. The number of hydrogen-bond acceptors (Lipinski definition) is 4. The Balaban J connectivity index is 3.14. The molecule has 0 fully saturated rings. The highest BCUT2D eigenvalue weighted by molar-refractivity contribution is 14.1. The van der Waals surface area contributed by atoms with Crippen molar-refractivity contribution in [3.05, 3.63) is 15.8 Å². The number of rotatable bonds is 3. The molecule has 0 spiro atoms. The second-order valence-electron chi connectivity index (χ2n) is 2.84. The standard InChI is InChI=1S/C8H9IN2O4S/c1-2-16(14,15)7-3-5(9)6(4-10-7)11-8(12)13/h3-4,11H,2H2,1H3,(H,12,13). The average molecular weight is 356 g/mol. The number of carbonyl (C=O) groups is 1. The molecule has 88 valence electrons. The maximum atomic E-state index is 11.5. The molecule has 0 atom stereocenters. The molecule has 2 N–H and O–H groups in total. The summed E-state index contributed by atoms with van der Waals surface area (Å²) in [6.45, 7) is 1.52. The van der Waals surface area contributed by atoms with Crippen LogP contribution in [0.2, 0.25) is 0 Å². The summed E-state index contributed by atoms with van der Waals surface area (Å²) in [6.07, 6.45) is -0.0239. The van der Waals surface area contributed by atoms with E-state index in [0.717, 1.165) is 0 Å². The molecule has 16 heavy (non-hydrogen) atoms. The molecule has 0 saturated carbocycles. The summed E-state index contributed by atoms with van der Waals surface area (Å²) in [5.74, 6) is -0.0399. The average Bonchev–Trinajstić information content (AvgIpc) is 2.20. The van der Waals surface area contributed by atoms with Gasteiger partial charge in [0.15, 0.2) is 14.9 Å². The van der Waals surface area contributed by atoms with Gasteiger partial charge >= 0.3 is 6.09 Å². The number of nitrogens with zero attached hydrogens (tertiary/aromatic N) is 1. The Morgan fingerprint density at radius 3 is 2.69 bits per heavy atom. The van der Waals surface area contributed by atoms with Crippen LogP contribution in [0.15, 0.2) is 17.3 Å². The van der Waals surface area contributed by atoms with Gasteiger partial charge in [-0.25, -0.2) is 18.2 Å². The van der Waals surface area contributed by atoms with Crippen LogP contribution < -0.4 is 5.32 Å². The SMILES string of the molecule is CCS(=O)(=O)c1cc(I)c(NC(=O)O)cn1. The van der Waals surface area contributed by atoms with Gasteiger partial charge in [-0.05, 0) is 28.7 Å². The van der Waals surface area contributed by atoms with E-state index in [4.69, 9.17) is 5.11 Å². The third-order valence-electron chi connectivity index (χ3n) is 1.77. The number of hydrogen-bond donors (Lipinski definition) is 2. The molecular weight excluding hydrogens is 347 g/mol. The first-order chi connectivity index (χ1) is 7.36. The van der Waals surface area contributed by atoms with Crippen molar-refractivity contribution in [2.75, 3.05) is 11.1 Å². The van der Waals surface area contributed by atoms with E-state index in [1.54, 1.807) is 0 Å². The number of carboxylic acid groups (broad SMARTS) is 1. The highest BCUT2D eigenvalue weighted by Crippen LogP contribution is 2.20. The van der Waals surface area contributed by atoms with Crippen LogP contribution in [0.3, 0.4) is 0 Å². The molecule has 1 amide bonds. The molecule has 8 heteroatoms. The van der Waals surface area contributed by atoms with Gasteiger partial charge in [-0.3, -0.25) is 5.32 Å². The lowest BCUT2D eigenvalue weighted by Gasteiger charge is -2.05. The van der Waals surface area contributed by atoms with E-state index in [2.05, 4.69) is 10.3 Å². The topological polar surface area (TPSA) is 96.4 Å². The largest absolute Gasteiger partial charge is 0.465 e. The second kappa shape index (κ2) is 4.95. The van der Waals surface area contributed by atoms with E-state index >= 15 is 0 Å². The number of halogens is 1. The fourth-order valence-corrected chi connectivity index (χ4v) is 2.53. The summed E-state index contributed by atoms with van der Waals surface area (Å²) in [5.41, 5.74) is 0.267. The fraction of sp³-hybridized carbons (Fsp3) is 0.250. The Hall–Kier alpha value is -0.900. The van der Waals surface area contributed by atoms with E-state index < -0.39 is 15.9 Å². The minimum atomic E-state index is -3.36. The number of nitrogens with one attached hydrogen (secondary N) is 1. The zero-order valence-corrected chi connectivity index (χ0v) is 11.2. The third-order valence-corrected chi connectivity index (χ3v) is 4.28. The number of amides is 1. The van der Waals surface area contributed by atoms with Crippen LogP contribution >= 0.6 is 22.6 Å². The van der Waals surface area contributed by atoms with Gasteiger partial charge in [0.1, 0.15) is 0 Å². The summed E-state index contributed by atoms with van der Waals surface area (Å²) >= 11 is 1.85. The molecule has 0 radical (unpaired) electrons. The van der Waals surface area contributed by atoms with Crippen molar-refractivity contribution in [2.45, 2.75) is 11.9 Å². The first-order valence-corrected chi connectivity index (χ1v) is 6.98. The summed E-state index contributed by atoms with van der Waals surface area (Å²) in [5, 5.41) is 10.6. The maximum absolute atomic E-state index is 11.5. The van der Waals surface area contributed by atoms with E-state index in [-0.39, 0.29) is 16.5 Å². The first kappa shape index (κ1) is 13.2. The minimum Gasteiger partial charge on any atom is -0.465 e.